The van der Waals surface area contributed by atoms with E-state index >= 15 is 0 Å². The first-order chi connectivity index (χ1) is 7.35. The fourth-order valence-corrected chi connectivity index (χ4v) is 2.71. The first-order valence-electron chi connectivity index (χ1n) is 5.91. The Hall–Kier alpha value is -0.890. The summed E-state index contributed by atoms with van der Waals surface area (Å²) in [6.45, 7) is 2.32. The SMILES string of the molecule is CCC1CCCC1c1cccc(CO)n1. The van der Waals surface area contributed by atoms with Gasteiger partial charge in [-0.05, 0) is 30.9 Å². The lowest BCUT2D eigenvalue weighted by atomic mass is 9.90. The number of hydrogen-bond acceptors (Lipinski definition) is 2. The van der Waals surface area contributed by atoms with Crippen LogP contribution in [0.5, 0.6) is 0 Å². The Kier molecular flexibility index (Phi) is 3.37. The summed E-state index contributed by atoms with van der Waals surface area (Å²) in [6.07, 6.45) is 5.18. The molecule has 1 aromatic heterocycles. The van der Waals surface area contributed by atoms with Crippen molar-refractivity contribution in [1.29, 1.82) is 0 Å². The second kappa shape index (κ2) is 4.75. The Labute approximate surface area is 91.4 Å². The molecule has 0 spiro atoms. The summed E-state index contributed by atoms with van der Waals surface area (Å²) in [6, 6.07) is 6.01. The second-order valence-corrected chi connectivity index (χ2v) is 4.42. The summed E-state index contributed by atoms with van der Waals surface area (Å²) < 4.78 is 0. The minimum atomic E-state index is 0.0529. The van der Waals surface area contributed by atoms with Crippen molar-refractivity contribution in [2.75, 3.05) is 0 Å². The van der Waals surface area contributed by atoms with Crippen molar-refractivity contribution in [2.45, 2.75) is 45.1 Å². The van der Waals surface area contributed by atoms with Gasteiger partial charge < -0.3 is 5.11 Å². The molecular formula is C13H19NO. The topological polar surface area (TPSA) is 33.1 Å². The van der Waals surface area contributed by atoms with Gasteiger partial charge >= 0.3 is 0 Å². The molecule has 0 aliphatic heterocycles. The number of nitrogens with zero attached hydrogens (tertiary/aromatic N) is 1. The van der Waals surface area contributed by atoms with Crippen molar-refractivity contribution >= 4 is 0 Å². The summed E-state index contributed by atoms with van der Waals surface area (Å²) in [7, 11) is 0. The van der Waals surface area contributed by atoms with E-state index in [1.807, 2.05) is 12.1 Å². The van der Waals surface area contributed by atoms with Crippen LogP contribution in [0.3, 0.4) is 0 Å². The van der Waals surface area contributed by atoms with Gasteiger partial charge in [0, 0.05) is 11.6 Å². The molecule has 2 heteroatoms. The van der Waals surface area contributed by atoms with Gasteiger partial charge in [0.15, 0.2) is 0 Å². The molecule has 1 heterocycles. The van der Waals surface area contributed by atoms with E-state index in [-0.39, 0.29) is 6.61 Å². The number of aliphatic hydroxyl groups excluding tert-OH is 1. The van der Waals surface area contributed by atoms with Crippen molar-refractivity contribution < 1.29 is 5.11 Å². The molecule has 0 amide bonds. The third-order valence-corrected chi connectivity index (χ3v) is 3.55. The summed E-state index contributed by atoms with van der Waals surface area (Å²) in [5.41, 5.74) is 1.99. The summed E-state index contributed by atoms with van der Waals surface area (Å²) >= 11 is 0. The van der Waals surface area contributed by atoms with Crippen LogP contribution in [0.25, 0.3) is 0 Å². The Balaban J connectivity index is 2.20. The minimum Gasteiger partial charge on any atom is -0.390 e. The maximum Gasteiger partial charge on any atom is 0.0853 e. The predicted molar refractivity (Wildman–Crippen MR) is 60.5 cm³/mol. The molecule has 2 atom stereocenters. The van der Waals surface area contributed by atoms with Crippen molar-refractivity contribution in [3.05, 3.63) is 29.6 Å². The van der Waals surface area contributed by atoms with Crippen LogP contribution in [-0.4, -0.2) is 10.1 Å². The average molecular weight is 205 g/mol. The number of aromatic nitrogens is 1. The second-order valence-electron chi connectivity index (χ2n) is 4.42. The fraction of sp³-hybridized carbons (Fsp3) is 0.615. The van der Waals surface area contributed by atoms with Crippen molar-refractivity contribution in [3.63, 3.8) is 0 Å². The lowest BCUT2D eigenvalue weighted by molar-refractivity contribution is 0.276. The highest BCUT2D eigenvalue weighted by molar-refractivity contribution is 5.16. The first-order valence-corrected chi connectivity index (χ1v) is 5.91. The molecule has 1 N–H and O–H groups in total. The maximum atomic E-state index is 9.07. The number of rotatable bonds is 3. The van der Waals surface area contributed by atoms with Gasteiger partial charge in [-0.15, -0.1) is 0 Å². The van der Waals surface area contributed by atoms with Gasteiger partial charge in [0.2, 0.25) is 0 Å². The molecular weight excluding hydrogens is 186 g/mol. The van der Waals surface area contributed by atoms with E-state index in [1.54, 1.807) is 0 Å². The van der Waals surface area contributed by atoms with Crippen LogP contribution in [0.4, 0.5) is 0 Å². The van der Waals surface area contributed by atoms with Crippen molar-refractivity contribution in [1.82, 2.24) is 4.98 Å². The standard InChI is InChI=1S/C13H19NO/c1-2-10-5-3-7-12(10)13-8-4-6-11(9-15)14-13/h4,6,8,10,12,15H,2-3,5,7,9H2,1H3. The molecule has 1 aliphatic carbocycles. The zero-order chi connectivity index (χ0) is 10.7. The molecule has 0 bridgehead atoms. The highest BCUT2D eigenvalue weighted by Crippen LogP contribution is 2.40. The van der Waals surface area contributed by atoms with Crippen LogP contribution in [0.1, 0.15) is 49.9 Å². The van der Waals surface area contributed by atoms with Gasteiger partial charge in [0.05, 0.1) is 12.3 Å². The molecule has 1 aromatic rings. The Morgan fingerprint density at radius 1 is 1.40 bits per heavy atom. The molecule has 1 fully saturated rings. The van der Waals surface area contributed by atoms with E-state index in [9.17, 15) is 0 Å². The zero-order valence-corrected chi connectivity index (χ0v) is 9.32. The van der Waals surface area contributed by atoms with Crippen LogP contribution in [0.2, 0.25) is 0 Å². The molecule has 2 unspecified atom stereocenters. The molecule has 82 valence electrons. The highest BCUT2D eigenvalue weighted by Gasteiger charge is 2.27. The van der Waals surface area contributed by atoms with Crippen molar-refractivity contribution in [3.8, 4) is 0 Å². The Morgan fingerprint density at radius 3 is 3.00 bits per heavy atom. The minimum absolute atomic E-state index is 0.0529. The summed E-state index contributed by atoms with van der Waals surface area (Å²) in [5.74, 6) is 1.42. The normalized spacial score (nSPS) is 25.7. The third kappa shape index (κ3) is 2.20. The van der Waals surface area contributed by atoms with Crippen LogP contribution in [0.15, 0.2) is 18.2 Å². The quantitative estimate of drug-likeness (QED) is 0.823. The largest absolute Gasteiger partial charge is 0.390 e. The number of pyridine rings is 1. The first kappa shape index (κ1) is 10.6. The lowest BCUT2D eigenvalue weighted by Crippen LogP contribution is -2.08. The van der Waals surface area contributed by atoms with Crippen molar-refractivity contribution in [2.24, 2.45) is 5.92 Å². The maximum absolute atomic E-state index is 9.07. The molecule has 1 aliphatic rings. The van der Waals surface area contributed by atoms with E-state index in [2.05, 4.69) is 18.0 Å². The van der Waals surface area contributed by atoms with Gasteiger partial charge in [0.25, 0.3) is 0 Å². The predicted octanol–water partition coefficient (Wildman–Crippen LogP) is 2.87. The van der Waals surface area contributed by atoms with E-state index in [0.29, 0.717) is 5.92 Å². The fourth-order valence-electron chi connectivity index (χ4n) is 2.71. The smallest absolute Gasteiger partial charge is 0.0853 e. The molecule has 0 aromatic carbocycles. The molecule has 0 saturated heterocycles. The van der Waals surface area contributed by atoms with E-state index < -0.39 is 0 Å². The Bertz CT molecular complexity index is 324. The summed E-state index contributed by atoms with van der Waals surface area (Å²) in [5, 5.41) is 9.07. The van der Waals surface area contributed by atoms with Gasteiger partial charge in [-0.1, -0.05) is 25.8 Å². The van der Waals surface area contributed by atoms with Gasteiger partial charge in [-0.3, -0.25) is 4.98 Å². The van der Waals surface area contributed by atoms with E-state index in [0.717, 1.165) is 11.6 Å². The number of hydrogen-bond donors (Lipinski definition) is 1. The van der Waals surface area contributed by atoms with Gasteiger partial charge in [0.1, 0.15) is 0 Å². The number of aliphatic hydroxyl groups is 1. The lowest BCUT2D eigenvalue weighted by Gasteiger charge is -2.17. The molecule has 2 nitrogen and oxygen atoms in total. The third-order valence-electron chi connectivity index (χ3n) is 3.55. The van der Waals surface area contributed by atoms with Crippen LogP contribution in [-0.2, 0) is 6.61 Å². The zero-order valence-electron chi connectivity index (χ0n) is 9.32. The highest BCUT2D eigenvalue weighted by atomic mass is 16.3. The van der Waals surface area contributed by atoms with E-state index in [4.69, 9.17) is 5.11 Å². The molecule has 1 saturated carbocycles. The summed E-state index contributed by atoms with van der Waals surface area (Å²) in [4.78, 5) is 4.52. The van der Waals surface area contributed by atoms with Crippen LogP contribution in [0, 0.1) is 5.92 Å². The Morgan fingerprint density at radius 2 is 2.27 bits per heavy atom. The average Bonchev–Trinajstić information content (AvgIpc) is 2.77. The van der Waals surface area contributed by atoms with E-state index in [1.165, 1.54) is 31.4 Å². The van der Waals surface area contributed by atoms with Gasteiger partial charge in [-0.2, -0.15) is 0 Å². The molecule has 2 rings (SSSR count). The van der Waals surface area contributed by atoms with Crippen LogP contribution < -0.4 is 0 Å². The van der Waals surface area contributed by atoms with Crippen LogP contribution >= 0.6 is 0 Å². The van der Waals surface area contributed by atoms with Gasteiger partial charge in [-0.25, -0.2) is 0 Å². The molecule has 0 radical (unpaired) electrons. The monoisotopic (exact) mass is 205 g/mol. The molecule has 15 heavy (non-hydrogen) atoms.